The first kappa shape index (κ1) is 17.3. The van der Waals surface area contributed by atoms with Crippen LogP contribution in [-0.2, 0) is 0 Å². The summed E-state index contributed by atoms with van der Waals surface area (Å²) < 4.78 is 0. The molecule has 1 aromatic rings. The normalized spacial score (nSPS) is 27.0. The number of hydrogen-bond acceptors (Lipinski definition) is 2. The van der Waals surface area contributed by atoms with E-state index in [1.165, 1.54) is 24.0 Å². The fourth-order valence-electron chi connectivity index (χ4n) is 4.14. The molecule has 0 spiro atoms. The fourth-order valence-corrected chi connectivity index (χ4v) is 4.14. The number of aliphatic imine (C=N–C) groups is 1. The largest absolute Gasteiger partial charge is 0.353 e. The lowest BCUT2D eigenvalue weighted by atomic mass is 10.0. The van der Waals surface area contributed by atoms with Crippen LogP contribution in [0.25, 0.3) is 0 Å². The minimum absolute atomic E-state index is 0.539. The minimum Gasteiger partial charge on any atom is -0.353 e. The average molecular weight is 329 g/mol. The summed E-state index contributed by atoms with van der Waals surface area (Å²) in [4.78, 5) is 9.57. The predicted octanol–water partition coefficient (Wildman–Crippen LogP) is 2.84. The van der Waals surface area contributed by atoms with Gasteiger partial charge in [-0.1, -0.05) is 38.1 Å². The van der Waals surface area contributed by atoms with Crippen LogP contribution in [0.4, 0.5) is 0 Å². The second kappa shape index (κ2) is 7.56. The Bertz CT molecular complexity index is 579. The molecule has 1 heterocycles. The monoisotopic (exact) mass is 328 g/mol. The van der Waals surface area contributed by atoms with Gasteiger partial charge in [-0.25, -0.2) is 0 Å². The van der Waals surface area contributed by atoms with Gasteiger partial charge < -0.3 is 10.2 Å². The SMILES string of the molecule is CCN(CC)C1CCN(C(=NC)NC2CC2c2ccccc2C)C1. The molecule has 1 saturated carbocycles. The molecular formula is C20H32N4. The molecule has 1 N–H and O–H groups in total. The highest BCUT2D eigenvalue weighted by Crippen LogP contribution is 2.42. The van der Waals surface area contributed by atoms with Crippen LogP contribution in [0.2, 0.25) is 0 Å². The smallest absolute Gasteiger partial charge is 0.193 e. The molecular weight excluding hydrogens is 296 g/mol. The number of nitrogens with one attached hydrogen (secondary N) is 1. The Hall–Kier alpha value is -1.55. The Morgan fingerprint density at radius 3 is 2.71 bits per heavy atom. The summed E-state index contributed by atoms with van der Waals surface area (Å²) in [7, 11) is 1.91. The van der Waals surface area contributed by atoms with E-state index in [4.69, 9.17) is 0 Å². The average Bonchev–Trinajstić information content (AvgIpc) is 3.19. The first-order valence-electron chi connectivity index (χ1n) is 9.45. The van der Waals surface area contributed by atoms with Gasteiger partial charge in [0.05, 0.1) is 0 Å². The lowest BCUT2D eigenvalue weighted by Crippen LogP contribution is -2.44. The van der Waals surface area contributed by atoms with Crippen molar-refractivity contribution in [1.82, 2.24) is 15.1 Å². The van der Waals surface area contributed by atoms with E-state index in [9.17, 15) is 0 Å². The van der Waals surface area contributed by atoms with E-state index in [1.807, 2.05) is 7.05 Å². The van der Waals surface area contributed by atoms with Crippen LogP contribution in [-0.4, -0.2) is 61.1 Å². The molecule has 0 radical (unpaired) electrons. The number of likely N-dealkylation sites (N-methyl/N-ethyl adjacent to an activating group) is 1. The van der Waals surface area contributed by atoms with Crippen molar-refractivity contribution in [1.29, 1.82) is 0 Å². The molecule has 2 fully saturated rings. The third-order valence-corrected chi connectivity index (χ3v) is 5.70. The Balaban J connectivity index is 1.57. The lowest BCUT2D eigenvalue weighted by molar-refractivity contribution is 0.223. The van der Waals surface area contributed by atoms with Gasteiger partial charge in [0, 0.05) is 38.1 Å². The van der Waals surface area contributed by atoms with Crippen molar-refractivity contribution in [3.05, 3.63) is 35.4 Å². The van der Waals surface area contributed by atoms with Gasteiger partial charge in [0.15, 0.2) is 5.96 Å². The molecule has 2 aliphatic rings. The molecule has 24 heavy (non-hydrogen) atoms. The van der Waals surface area contributed by atoms with Gasteiger partial charge in [0.1, 0.15) is 0 Å². The molecule has 0 aromatic heterocycles. The number of rotatable bonds is 5. The van der Waals surface area contributed by atoms with Crippen molar-refractivity contribution >= 4 is 5.96 Å². The number of nitrogens with zero attached hydrogens (tertiary/aromatic N) is 3. The van der Waals surface area contributed by atoms with Gasteiger partial charge in [0.25, 0.3) is 0 Å². The van der Waals surface area contributed by atoms with E-state index in [0.29, 0.717) is 18.0 Å². The van der Waals surface area contributed by atoms with Crippen molar-refractivity contribution in [2.45, 2.75) is 51.6 Å². The maximum absolute atomic E-state index is 4.56. The summed E-state index contributed by atoms with van der Waals surface area (Å²) >= 11 is 0. The van der Waals surface area contributed by atoms with Gasteiger partial charge >= 0.3 is 0 Å². The van der Waals surface area contributed by atoms with Crippen molar-refractivity contribution < 1.29 is 0 Å². The zero-order valence-electron chi connectivity index (χ0n) is 15.6. The second-order valence-corrected chi connectivity index (χ2v) is 7.11. The van der Waals surface area contributed by atoms with Gasteiger partial charge in [-0.2, -0.15) is 0 Å². The number of benzene rings is 1. The maximum Gasteiger partial charge on any atom is 0.193 e. The first-order valence-corrected chi connectivity index (χ1v) is 9.45. The van der Waals surface area contributed by atoms with Crippen molar-refractivity contribution in [2.24, 2.45) is 4.99 Å². The van der Waals surface area contributed by atoms with E-state index in [1.54, 1.807) is 0 Å². The zero-order valence-corrected chi connectivity index (χ0v) is 15.6. The van der Waals surface area contributed by atoms with Crippen LogP contribution in [0.15, 0.2) is 29.3 Å². The van der Waals surface area contributed by atoms with E-state index < -0.39 is 0 Å². The first-order chi connectivity index (χ1) is 11.7. The molecule has 132 valence electrons. The third-order valence-electron chi connectivity index (χ3n) is 5.70. The van der Waals surface area contributed by atoms with Crippen LogP contribution in [0.5, 0.6) is 0 Å². The van der Waals surface area contributed by atoms with Gasteiger partial charge in [0.2, 0.25) is 0 Å². The van der Waals surface area contributed by atoms with Gasteiger partial charge in [-0.3, -0.25) is 9.89 Å². The minimum atomic E-state index is 0.539. The zero-order chi connectivity index (χ0) is 17.1. The van der Waals surface area contributed by atoms with Crippen molar-refractivity contribution in [3.63, 3.8) is 0 Å². The molecule has 1 saturated heterocycles. The van der Waals surface area contributed by atoms with E-state index in [2.05, 4.69) is 65.1 Å². The molecule has 0 bridgehead atoms. The summed E-state index contributed by atoms with van der Waals surface area (Å²) in [5.74, 6) is 1.73. The topological polar surface area (TPSA) is 30.9 Å². The van der Waals surface area contributed by atoms with Crippen LogP contribution in [0.3, 0.4) is 0 Å². The third kappa shape index (κ3) is 3.59. The molecule has 1 aliphatic carbocycles. The van der Waals surface area contributed by atoms with Crippen molar-refractivity contribution in [2.75, 3.05) is 33.2 Å². The van der Waals surface area contributed by atoms with Gasteiger partial charge in [-0.15, -0.1) is 0 Å². The van der Waals surface area contributed by atoms with Gasteiger partial charge in [-0.05, 0) is 44.0 Å². The Kier molecular flexibility index (Phi) is 5.44. The fraction of sp³-hybridized carbons (Fsp3) is 0.650. The van der Waals surface area contributed by atoms with E-state index in [0.717, 1.165) is 32.1 Å². The molecule has 3 rings (SSSR count). The van der Waals surface area contributed by atoms with Crippen LogP contribution in [0, 0.1) is 6.92 Å². The van der Waals surface area contributed by atoms with Crippen LogP contribution < -0.4 is 5.32 Å². The number of guanidine groups is 1. The van der Waals surface area contributed by atoms with Crippen LogP contribution in [0.1, 0.15) is 43.7 Å². The highest BCUT2D eigenvalue weighted by atomic mass is 15.3. The predicted molar refractivity (Wildman–Crippen MR) is 102 cm³/mol. The molecule has 1 aromatic carbocycles. The summed E-state index contributed by atoms with van der Waals surface area (Å²) in [5, 5.41) is 3.71. The standard InChI is InChI=1S/C20H32N4/c1-5-23(6-2)16-11-12-24(14-16)20(21-4)22-19-13-18(19)17-10-8-7-9-15(17)3/h7-10,16,18-19H,5-6,11-14H2,1-4H3,(H,21,22). The highest BCUT2D eigenvalue weighted by molar-refractivity contribution is 5.81. The molecule has 1 aliphatic heterocycles. The Labute approximate surface area is 146 Å². The molecule has 0 amide bonds. The number of aryl methyl sites for hydroxylation is 1. The highest BCUT2D eigenvalue weighted by Gasteiger charge is 2.41. The molecule has 4 nitrogen and oxygen atoms in total. The summed E-state index contributed by atoms with van der Waals surface area (Å²) in [5.41, 5.74) is 2.90. The van der Waals surface area contributed by atoms with E-state index in [-0.39, 0.29) is 0 Å². The Morgan fingerprint density at radius 2 is 2.04 bits per heavy atom. The van der Waals surface area contributed by atoms with Crippen molar-refractivity contribution in [3.8, 4) is 0 Å². The lowest BCUT2D eigenvalue weighted by Gasteiger charge is -2.27. The second-order valence-electron chi connectivity index (χ2n) is 7.11. The number of likely N-dealkylation sites (tertiary alicyclic amines) is 1. The number of hydrogen-bond donors (Lipinski definition) is 1. The summed E-state index contributed by atoms with van der Waals surface area (Å²) in [6, 6.07) is 9.98. The Morgan fingerprint density at radius 1 is 1.29 bits per heavy atom. The van der Waals surface area contributed by atoms with E-state index >= 15 is 0 Å². The molecule has 4 heteroatoms. The quantitative estimate of drug-likeness (QED) is 0.666. The van der Waals surface area contributed by atoms with Crippen LogP contribution >= 0.6 is 0 Å². The maximum atomic E-state index is 4.56. The molecule has 3 unspecified atom stereocenters. The summed E-state index contributed by atoms with van der Waals surface area (Å²) in [6.45, 7) is 11.2. The molecule has 3 atom stereocenters. The summed E-state index contributed by atoms with van der Waals surface area (Å²) in [6.07, 6.45) is 2.46.